The molecule has 0 spiro atoms. The van der Waals surface area contributed by atoms with Crippen molar-refractivity contribution in [1.82, 2.24) is 10.2 Å². The number of benzene rings is 2. The Morgan fingerprint density at radius 2 is 1.77 bits per heavy atom. The molecule has 1 unspecified atom stereocenters. The third-order valence-corrected chi connectivity index (χ3v) is 7.17. The number of anilines is 1. The Hall–Kier alpha value is -2.91. The molecule has 8 nitrogen and oxygen atoms in total. The van der Waals surface area contributed by atoms with Gasteiger partial charge in [-0.05, 0) is 23.3 Å². The molecular weight excluding hydrogens is 418 g/mol. The summed E-state index contributed by atoms with van der Waals surface area (Å²) in [5.74, 6) is -0.0775. The van der Waals surface area contributed by atoms with Gasteiger partial charge in [0.05, 0.1) is 18.1 Å². The van der Waals surface area contributed by atoms with E-state index in [0.717, 1.165) is 16.8 Å². The lowest BCUT2D eigenvalue weighted by molar-refractivity contribution is -0.126. The molecule has 2 heterocycles. The molecule has 31 heavy (non-hydrogen) atoms. The van der Waals surface area contributed by atoms with E-state index in [2.05, 4.69) is 5.32 Å². The van der Waals surface area contributed by atoms with Crippen LogP contribution in [0.15, 0.2) is 54.6 Å². The topological polar surface area (TPSA) is 96.0 Å². The van der Waals surface area contributed by atoms with Crippen LogP contribution in [-0.4, -0.2) is 63.1 Å². The zero-order valence-corrected chi connectivity index (χ0v) is 17.9. The van der Waals surface area contributed by atoms with E-state index in [4.69, 9.17) is 4.74 Å². The quantitative estimate of drug-likeness (QED) is 0.731. The van der Waals surface area contributed by atoms with Gasteiger partial charge in [0.2, 0.25) is 5.91 Å². The average molecular weight is 444 g/mol. The summed E-state index contributed by atoms with van der Waals surface area (Å²) in [4.78, 5) is 28.5. The fourth-order valence-electron chi connectivity index (χ4n) is 3.90. The van der Waals surface area contributed by atoms with Gasteiger partial charge in [-0.2, -0.15) is 0 Å². The summed E-state index contributed by atoms with van der Waals surface area (Å²) in [5, 5.41) is 2.98. The SMILES string of the molecule is O=C(NCc1cccc(N2CCOC2=O)c1)C(c1ccccc1)N1CCS(=O)(=O)CC1. The molecule has 0 aliphatic carbocycles. The van der Waals surface area contributed by atoms with Crippen LogP contribution in [0.5, 0.6) is 0 Å². The van der Waals surface area contributed by atoms with Crippen molar-refractivity contribution in [1.29, 1.82) is 0 Å². The first kappa shape index (κ1) is 21.3. The van der Waals surface area contributed by atoms with Gasteiger partial charge < -0.3 is 10.1 Å². The summed E-state index contributed by atoms with van der Waals surface area (Å²) in [6, 6.07) is 16.2. The molecule has 1 N–H and O–H groups in total. The highest BCUT2D eigenvalue weighted by molar-refractivity contribution is 7.91. The summed E-state index contributed by atoms with van der Waals surface area (Å²) in [6.07, 6.45) is -0.370. The Bertz CT molecular complexity index is 1040. The highest BCUT2D eigenvalue weighted by Gasteiger charge is 2.32. The standard InChI is InChI=1S/C22H25N3O5S/c26-21(23-16-17-5-4-8-19(15-17)25-9-12-30-22(25)27)20(18-6-2-1-3-7-18)24-10-13-31(28,29)14-11-24/h1-8,15,20H,9-14,16H2,(H,23,26). The monoisotopic (exact) mass is 443 g/mol. The first-order valence-corrected chi connectivity index (χ1v) is 12.1. The van der Waals surface area contributed by atoms with Gasteiger partial charge in [0.1, 0.15) is 12.6 Å². The predicted octanol–water partition coefficient (Wildman–Crippen LogP) is 1.73. The lowest BCUT2D eigenvalue weighted by Gasteiger charge is -2.33. The van der Waals surface area contributed by atoms with Crippen LogP contribution in [0.4, 0.5) is 10.5 Å². The largest absolute Gasteiger partial charge is 0.447 e. The van der Waals surface area contributed by atoms with Gasteiger partial charge in [0.15, 0.2) is 9.84 Å². The summed E-state index contributed by atoms with van der Waals surface area (Å²) < 4.78 is 28.7. The van der Waals surface area contributed by atoms with E-state index in [1.54, 1.807) is 4.90 Å². The van der Waals surface area contributed by atoms with Crippen molar-refractivity contribution in [3.05, 3.63) is 65.7 Å². The van der Waals surface area contributed by atoms with Gasteiger partial charge in [-0.3, -0.25) is 14.6 Å². The van der Waals surface area contributed by atoms with E-state index in [1.807, 2.05) is 59.5 Å². The minimum atomic E-state index is -3.05. The van der Waals surface area contributed by atoms with Crippen LogP contribution in [0.2, 0.25) is 0 Å². The van der Waals surface area contributed by atoms with Crippen molar-refractivity contribution >= 4 is 27.5 Å². The highest BCUT2D eigenvalue weighted by Crippen LogP contribution is 2.24. The van der Waals surface area contributed by atoms with Gasteiger partial charge in [-0.25, -0.2) is 13.2 Å². The van der Waals surface area contributed by atoms with Crippen molar-refractivity contribution in [3.63, 3.8) is 0 Å². The second kappa shape index (κ2) is 9.07. The molecule has 4 rings (SSSR count). The van der Waals surface area contributed by atoms with Gasteiger partial charge in [-0.1, -0.05) is 42.5 Å². The minimum absolute atomic E-state index is 0.0532. The van der Waals surface area contributed by atoms with E-state index in [0.29, 0.717) is 32.8 Å². The molecule has 2 aromatic carbocycles. The Morgan fingerprint density at radius 1 is 1.03 bits per heavy atom. The zero-order chi connectivity index (χ0) is 21.8. The number of hydrogen-bond donors (Lipinski definition) is 1. The maximum Gasteiger partial charge on any atom is 0.414 e. The van der Waals surface area contributed by atoms with E-state index in [9.17, 15) is 18.0 Å². The number of cyclic esters (lactones) is 1. The first-order chi connectivity index (χ1) is 14.9. The number of rotatable bonds is 6. The summed E-state index contributed by atoms with van der Waals surface area (Å²) in [6.45, 7) is 1.81. The van der Waals surface area contributed by atoms with E-state index >= 15 is 0 Å². The zero-order valence-electron chi connectivity index (χ0n) is 17.1. The smallest absolute Gasteiger partial charge is 0.414 e. The third kappa shape index (κ3) is 5.05. The maximum atomic E-state index is 13.2. The lowest BCUT2D eigenvalue weighted by Crippen LogP contribution is -2.47. The highest BCUT2D eigenvalue weighted by atomic mass is 32.2. The Balaban J connectivity index is 1.47. The number of nitrogens with zero attached hydrogens (tertiary/aromatic N) is 2. The number of ether oxygens (including phenoxy) is 1. The minimum Gasteiger partial charge on any atom is -0.447 e. The molecule has 1 atom stereocenters. The van der Waals surface area contributed by atoms with Gasteiger partial charge in [0.25, 0.3) is 0 Å². The average Bonchev–Trinajstić information content (AvgIpc) is 3.20. The van der Waals surface area contributed by atoms with Crippen molar-refractivity contribution in [3.8, 4) is 0 Å². The van der Waals surface area contributed by atoms with E-state index in [1.165, 1.54) is 0 Å². The van der Waals surface area contributed by atoms with Gasteiger partial charge in [0, 0.05) is 25.3 Å². The van der Waals surface area contributed by atoms with Crippen LogP contribution in [0.3, 0.4) is 0 Å². The molecule has 0 radical (unpaired) electrons. The Kier molecular flexibility index (Phi) is 6.24. The summed E-state index contributed by atoms with van der Waals surface area (Å²) in [7, 11) is -3.05. The van der Waals surface area contributed by atoms with Crippen molar-refractivity contribution < 1.29 is 22.7 Å². The van der Waals surface area contributed by atoms with Crippen LogP contribution in [0, 0.1) is 0 Å². The molecule has 2 fully saturated rings. The maximum absolute atomic E-state index is 13.2. The van der Waals surface area contributed by atoms with Crippen LogP contribution in [0.1, 0.15) is 17.2 Å². The molecule has 2 aliphatic heterocycles. The molecule has 2 aromatic rings. The molecular formula is C22H25N3O5S. The van der Waals surface area contributed by atoms with E-state index in [-0.39, 0.29) is 23.5 Å². The van der Waals surface area contributed by atoms with Crippen molar-refractivity contribution in [2.45, 2.75) is 12.6 Å². The fraction of sp³-hybridized carbons (Fsp3) is 0.364. The third-order valence-electron chi connectivity index (χ3n) is 5.56. The first-order valence-electron chi connectivity index (χ1n) is 10.2. The van der Waals surface area contributed by atoms with E-state index < -0.39 is 15.9 Å². The second-order valence-corrected chi connectivity index (χ2v) is 9.96. The molecule has 164 valence electrons. The molecule has 0 bridgehead atoms. The molecule has 2 aliphatic rings. The molecule has 0 saturated carbocycles. The molecule has 0 aromatic heterocycles. The Morgan fingerprint density at radius 3 is 2.45 bits per heavy atom. The number of hydrogen-bond acceptors (Lipinski definition) is 6. The number of carbonyl (C=O) groups is 2. The lowest BCUT2D eigenvalue weighted by atomic mass is 10.0. The summed E-state index contributed by atoms with van der Waals surface area (Å²) >= 11 is 0. The van der Waals surface area contributed by atoms with Gasteiger partial charge >= 0.3 is 6.09 Å². The van der Waals surface area contributed by atoms with Crippen LogP contribution < -0.4 is 10.2 Å². The predicted molar refractivity (Wildman–Crippen MR) is 116 cm³/mol. The van der Waals surface area contributed by atoms with Crippen LogP contribution in [-0.2, 0) is 25.9 Å². The van der Waals surface area contributed by atoms with Crippen molar-refractivity contribution in [2.24, 2.45) is 0 Å². The normalized spacial score (nSPS) is 19.6. The molecule has 2 amide bonds. The molecule has 2 saturated heterocycles. The number of sulfone groups is 1. The number of carbonyl (C=O) groups excluding carboxylic acids is 2. The Labute approximate surface area is 181 Å². The number of nitrogens with one attached hydrogen (secondary N) is 1. The van der Waals surface area contributed by atoms with Crippen LogP contribution >= 0.6 is 0 Å². The van der Waals surface area contributed by atoms with Gasteiger partial charge in [-0.15, -0.1) is 0 Å². The van der Waals surface area contributed by atoms with Crippen LogP contribution in [0.25, 0.3) is 0 Å². The van der Waals surface area contributed by atoms with Crippen molar-refractivity contribution in [2.75, 3.05) is 42.6 Å². The fourth-order valence-corrected chi connectivity index (χ4v) is 5.13. The second-order valence-electron chi connectivity index (χ2n) is 7.65. The number of amides is 2. The molecule has 9 heteroatoms. The summed E-state index contributed by atoms with van der Waals surface area (Å²) in [5.41, 5.74) is 2.42.